The summed E-state index contributed by atoms with van der Waals surface area (Å²) in [5, 5.41) is 0.537. The molecule has 0 fully saturated rings. The molecular weight excluding hydrogens is 334 g/mol. The first-order valence-electron chi connectivity index (χ1n) is 5.63. The Morgan fingerprint density at radius 3 is 2.95 bits per heavy atom. The highest BCUT2D eigenvalue weighted by Gasteiger charge is 2.35. The van der Waals surface area contributed by atoms with Crippen molar-refractivity contribution < 1.29 is 9.53 Å². The first-order valence-corrected chi connectivity index (χ1v) is 6.80. The second kappa shape index (κ2) is 5.90. The number of halogens is 2. The van der Waals surface area contributed by atoms with E-state index in [1.54, 1.807) is 18.1 Å². The lowest BCUT2D eigenvalue weighted by Crippen LogP contribution is -2.35. The molecule has 0 aliphatic carbocycles. The van der Waals surface area contributed by atoms with Crippen LogP contribution < -0.4 is 5.73 Å². The zero-order chi connectivity index (χ0) is 14.0. The van der Waals surface area contributed by atoms with E-state index < -0.39 is 6.04 Å². The Morgan fingerprint density at radius 2 is 2.32 bits per heavy atom. The van der Waals surface area contributed by atoms with Crippen LogP contribution in [-0.4, -0.2) is 37.0 Å². The van der Waals surface area contributed by atoms with E-state index in [2.05, 4.69) is 20.9 Å². The van der Waals surface area contributed by atoms with Crippen molar-refractivity contribution in [1.29, 1.82) is 0 Å². The van der Waals surface area contributed by atoms with Crippen molar-refractivity contribution in [1.82, 2.24) is 4.90 Å². The molecule has 0 spiro atoms. The zero-order valence-electron chi connectivity index (χ0n) is 10.3. The summed E-state index contributed by atoms with van der Waals surface area (Å²) in [5.41, 5.74) is 6.60. The highest BCUT2D eigenvalue weighted by molar-refractivity contribution is 9.10. The third-order valence-corrected chi connectivity index (χ3v) is 3.68. The van der Waals surface area contributed by atoms with E-state index in [1.165, 1.54) is 0 Å². The van der Waals surface area contributed by atoms with Gasteiger partial charge in [-0.1, -0.05) is 33.6 Å². The van der Waals surface area contributed by atoms with E-state index in [-0.39, 0.29) is 11.9 Å². The molecular formula is C12H13BrClN3O2. The molecule has 1 aliphatic heterocycles. The third-order valence-electron chi connectivity index (χ3n) is 2.86. The van der Waals surface area contributed by atoms with Gasteiger partial charge in [0.05, 0.1) is 6.61 Å². The van der Waals surface area contributed by atoms with Crippen LogP contribution in [0.3, 0.4) is 0 Å². The predicted octanol–water partition coefficient (Wildman–Crippen LogP) is 2.58. The molecule has 1 aliphatic rings. The molecule has 1 atom stereocenters. The minimum atomic E-state index is -0.428. The molecule has 1 aromatic carbocycles. The van der Waals surface area contributed by atoms with Gasteiger partial charge in [-0.3, -0.25) is 0 Å². The number of carbonyl (C=O) groups excluding carboxylic acids is 1. The molecule has 0 bridgehead atoms. The number of hydrogen-bond acceptors (Lipinski definition) is 3. The smallest absolute Gasteiger partial charge is 0.346 e. The second-order valence-corrected chi connectivity index (χ2v) is 5.40. The SMILES string of the molecule is COCCN1C(=O)N=C(N)C1c1ccc(Br)cc1Cl. The number of nitrogens with two attached hydrogens (primary N) is 1. The molecule has 1 heterocycles. The zero-order valence-corrected chi connectivity index (χ0v) is 12.6. The maximum Gasteiger partial charge on any atom is 0.346 e. The molecule has 1 aromatic rings. The lowest BCUT2D eigenvalue weighted by atomic mass is 10.1. The van der Waals surface area contributed by atoms with Gasteiger partial charge in [0.2, 0.25) is 0 Å². The number of hydrogen-bond donors (Lipinski definition) is 1. The van der Waals surface area contributed by atoms with Gasteiger partial charge in [-0.15, -0.1) is 0 Å². The molecule has 0 radical (unpaired) electrons. The third kappa shape index (κ3) is 2.91. The topological polar surface area (TPSA) is 67.9 Å². The van der Waals surface area contributed by atoms with Crippen LogP contribution in [0.25, 0.3) is 0 Å². The number of aliphatic imine (C=N–C) groups is 1. The second-order valence-electron chi connectivity index (χ2n) is 4.07. The van der Waals surface area contributed by atoms with E-state index in [1.807, 2.05) is 12.1 Å². The average molecular weight is 347 g/mol. The van der Waals surface area contributed by atoms with Crippen LogP contribution in [0.2, 0.25) is 5.02 Å². The van der Waals surface area contributed by atoms with Crippen molar-refractivity contribution in [3.05, 3.63) is 33.3 Å². The Labute approximate surface area is 124 Å². The highest BCUT2D eigenvalue weighted by atomic mass is 79.9. The van der Waals surface area contributed by atoms with Crippen molar-refractivity contribution in [3.8, 4) is 0 Å². The normalized spacial score (nSPS) is 18.9. The number of amides is 2. The number of carbonyl (C=O) groups is 1. The van der Waals surface area contributed by atoms with Crippen LogP contribution in [0.1, 0.15) is 11.6 Å². The fourth-order valence-corrected chi connectivity index (χ4v) is 2.75. The minimum absolute atomic E-state index is 0.255. The Hall–Kier alpha value is -1.11. The summed E-state index contributed by atoms with van der Waals surface area (Å²) in [6, 6.07) is 4.66. The highest BCUT2D eigenvalue weighted by Crippen LogP contribution is 2.33. The summed E-state index contributed by atoms with van der Waals surface area (Å²) in [5.74, 6) is 0.255. The molecule has 1 unspecified atom stereocenters. The van der Waals surface area contributed by atoms with E-state index in [4.69, 9.17) is 22.1 Å². The summed E-state index contributed by atoms with van der Waals surface area (Å²) >= 11 is 9.55. The summed E-state index contributed by atoms with van der Waals surface area (Å²) in [6.45, 7) is 0.829. The Bertz CT molecular complexity index is 536. The van der Waals surface area contributed by atoms with Gasteiger partial charge < -0.3 is 15.4 Å². The van der Waals surface area contributed by atoms with Crippen LogP contribution in [0.5, 0.6) is 0 Å². The number of rotatable bonds is 4. The standard InChI is InChI=1S/C12H13BrClN3O2/c1-19-5-4-17-10(11(15)16-12(17)18)8-3-2-7(13)6-9(8)14/h2-3,6,10H,4-5H2,1H3,(H2,15,16,18). The number of methoxy groups -OCH3 is 1. The first kappa shape index (κ1) is 14.3. The summed E-state index contributed by atoms with van der Waals surface area (Å²) < 4.78 is 5.86. The van der Waals surface area contributed by atoms with Gasteiger partial charge in [0.1, 0.15) is 11.9 Å². The van der Waals surface area contributed by atoms with Gasteiger partial charge in [-0.25, -0.2) is 4.79 Å². The molecule has 0 saturated heterocycles. The molecule has 102 valence electrons. The van der Waals surface area contributed by atoms with E-state index >= 15 is 0 Å². The largest absolute Gasteiger partial charge is 0.385 e. The Morgan fingerprint density at radius 1 is 1.58 bits per heavy atom. The Kier molecular flexibility index (Phi) is 4.44. The fourth-order valence-electron chi connectivity index (χ4n) is 1.97. The summed E-state index contributed by atoms with van der Waals surface area (Å²) in [6.07, 6.45) is 0. The maximum absolute atomic E-state index is 11.8. The number of ether oxygens (including phenoxy) is 1. The lowest BCUT2D eigenvalue weighted by Gasteiger charge is -2.25. The van der Waals surface area contributed by atoms with Gasteiger partial charge in [0, 0.05) is 28.7 Å². The van der Waals surface area contributed by atoms with Crippen LogP contribution in [0.4, 0.5) is 4.79 Å². The molecule has 5 nitrogen and oxygen atoms in total. The van der Waals surface area contributed by atoms with Crippen molar-refractivity contribution in [2.24, 2.45) is 10.7 Å². The minimum Gasteiger partial charge on any atom is -0.385 e. The van der Waals surface area contributed by atoms with Crippen LogP contribution >= 0.6 is 27.5 Å². The molecule has 19 heavy (non-hydrogen) atoms. The van der Waals surface area contributed by atoms with Crippen LogP contribution in [-0.2, 0) is 4.74 Å². The van der Waals surface area contributed by atoms with E-state index in [9.17, 15) is 4.79 Å². The average Bonchev–Trinajstić information content (AvgIpc) is 2.62. The number of urea groups is 1. The van der Waals surface area contributed by atoms with Crippen LogP contribution in [0.15, 0.2) is 27.7 Å². The monoisotopic (exact) mass is 345 g/mol. The van der Waals surface area contributed by atoms with Gasteiger partial charge in [0.15, 0.2) is 0 Å². The van der Waals surface area contributed by atoms with Crippen LogP contribution in [0, 0.1) is 0 Å². The lowest BCUT2D eigenvalue weighted by molar-refractivity contribution is 0.150. The number of nitrogens with zero attached hydrogens (tertiary/aromatic N) is 2. The van der Waals surface area contributed by atoms with Gasteiger partial charge in [-0.2, -0.15) is 4.99 Å². The van der Waals surface area contributed by atoms with Gasteiger partial charge in [-0.05, 0) is 12.1 Å². The molecule has 0 saturated carbocycles. The van der Waals surface area contributed by atoms with Crippen molar-refractivity contribution >= 4 is 39.4 Å². The van der Waals surface area contributed by atoms with E-state index in [0.717, 1.165) is 10.0 Å². The van der Waals surface area contributed by atoms with E-state index in [0.29, 0.717) is 18.2 Å². The number of amidine groups is 1. The molecule has 2 amide bonds. The van der Waals surface area contributed by atoms with Crippen molar-refractivity contribution in [2.45, 2.75) is 6.04 Å². The van der Waals surface area contributed by atoms with Gasteiger partial charge >= 0.3 is 6.03 Å². The molecule has 7 heteroatoms. The quantitative estimate of drug-likeness (QED) is 0.911. The molecule has 0 aromatic heterocycles. The van der Waals surface area contributed by atoms with Crippen molar-refractivity contribution in [2.75, 3.05) is 20.3 Å². The summed E-state index contributed by atoms with van der Waals surface area (Å²) in [4.78, 5) is 17.2. The number of benzene rings is 1. The molecule has 2 rings (SSSR count). The summed E-state index contributed by atoms with van der Waals surface area (Å²) in [7, 11) is 1.58. The maximum atomic E-state index is 11.8. The van der Waals surface area contributed by atoms with Crippen molar-refractivity contribution in [3.63, 3.8) is 0 Å². The molecule has 2 N–H and O–H groups in total. The first-order chi connectivity index (χ1) is 9.04. The predicted molar refractivity (Wildman–Crippen MR) is 77.5 cm³/mol. The Balaban J connectivity index is 2.34. The van der Waals surface area contributed by atoms with Gasteiger partial charge in [0.25, 0.3) is 0 Å². The fraction of sp³-hybridized carbons (Fsp3) is 0.333.